The van der Waals surface area contributed by atoms with Crippen molar-refractivity contribution in [2.75, 3.05) is 12.4 Å². The Bertz CT molecular complexity index is 760. The van der Waals surface area contributed by atoms with Gasteiger partial charge in [-0.1, -0.05) is 12.1 Å². The average molecular weight is 300 g/mol. The van der Waals surface area contributed by atoms with Gasteiger partial charge in [0.2, 0.25) is 5.89 Å². The topological polar surface area (TPSA) is 82.2 Å². The summed E-state index contributed by atoms with van der Waals surface area (Å²) < 4.78 is 11.8. The molecule has 1 aromatic carbocycles. The molecule has 0 saturated heterocycles. The van der Waals surface area contributed by atoms with E-state index in [0.717, 1.165) is 11.1 Å². The second kappa shape index (κ2) is 5.88. The molecule has 22 heavy (non-hydrogen) atoms. The summed E-state index contributed by atoms with van der Waals surface area (Å²) in [7, 11) is 1.35. The summed E-state index contributed by atoms with van der Waals surface area (Å²) in [5.74, 6) is 0.879. The molecule has 0 saturated carbocycles. The number of nitrogens with one attached hydrogen (secondary N) is 1. The van der Waals surface area contributed by atoms with Crippen LogP contribution in [0.3, 0.4) is 0 Å². The number of para-hydroxylation sites is 2. The van der Waals surface area contributed by atoms with E-state index in [1.54, 1.807) is 12.3 Å². The molecule has 2 aromatic heterocycles. The van der Waals surface area contributed by atoms with Gasteiger partial charge in [-0.25, -0.2) is 4.98 Å². The summed E-state index contributed by atoms with van der Waals surface area (Å²) in [6, 6.07) is 9.24. The van der Waals surface area contributed by atoms with E-state index in [0.29, 0.717) is 11.7 Å². The van der Waals surface area contributed by atoms with Crippen LogP contribution in [0.1, 0.15) is 18.9 Å². The number of hydrogen-bond acceptors (Lipinski definition) is 6. The summed E-state index contributed by atoms with van der Waals surface area (Å²) in [5, 5.41) is 7.44. The average Bonchev–Trinajstić information content (AvgIpc) is 3.13. The number of nitrogens with zero attached hydrogens (tertiary/aromatic N) is 3. The molecule has 0 fully saturated rings. The van der Waals surface area contributed by atoms with Gasteiger partial charge >= 0.3 is 5.97 Å². The second-order valence-corrected chi connectivity index (χ2v) is 4.86. The van der Waals surface area contributed by atoms with Gasteiger partial charge in [0.05, 0.1) is 7.11 Å². The van der Waals surface area contributed by atoms with Crippen molar-refractivity contribution in [1.82, 2.24) is 14.8 Å². The highest BCUT2D eigenvalue weighted by atomic mass is 16.5. The van der Waals surface area contributed by atoms with Crippen LogP contribution < -0.4 is 5.32 Å². The number of benzene rings is 1. The van der Waals surface area contributed by atoms with E-state index in [1.165, 1.54) is 11.8 Å². The maximum absolute atomic E-state index is 11.2. The quantitative estimate of drug-likeness (QED) is 0.728. The van der Waals surface area contributed by atoms with Gasteiger partial charge in [0, 0.05) is 12.3 Å². The zero-order valence-corrected chi connectivity index (χ0v) is 12.3. The molecular formula is C15H16N4O3. The lowest BCUT2D eigenvalue weighted by Crippen LogP contribution is -2.13. The number of carbonyl (C=O) groups excluding carboxylic acids is 1. The first-order chi connectivity index (χ1) is 10.7. The van der Waals surface area contributed by atoms with Crippen molar-refractivity contribution in [2.45, 2.75) is 19.5 Å². The Labute approximate surface area is 126 Å². The minimum Gasteiger partial charge on any atom is -0.468 e. The van der Waals surface area contributed by atoms with Crippen LogP contribution in [0.4, 0.5) is 5.82 Å². The van der Waals surface area contributed by atoms with E-state index < -0.39 is 0 Å². The first-order valence-corrected chi connectivity index (χ1v) is 6.88. The summed E-state index contributed by atoms with van der Waals surface area (Å²) >= 11 is 0. The Morgan fingerprint density at radius 1 is 1.41 bits per heavy atom. The smallest absolute Gasteiger partial charge is 0.327 e. The lowest BCUT2D eigenvalue weighted by Gasteiger charge is -2.08. The summed E-state index contributed by atoms with van der Waals surface area (Å²) in [5.41, 5.74) is 1.57. The molecule has 0 bridgehead atoms. The van der Waals surface area contributed by atoms with E-state index in [9.17, 15) is 4.79 Å². The molecular weight excluding hydrogens is 284 g/mol. The van der Waals surface area contributed by atoms with Crippen molar-refractivity contribution >= 4 is 22.9 Å². The Balaban J connectivity index is 1.71. The fourth-order valence-corrected chi connectivity index (χ4v) is 2.08. The maximum atomic E-state index is 11.2. The van der Waals surface area contributed by atoms with E-state index >= 15 is 0 Å². The van der Waals surface area contributed by atoms with Crippen molar-refractivity contribution in [3.05, 3.63) is 42.4 Å². The number of oxazole rings is 1. The van der Waals surface area contributed by atoms with Gasteiger partial charge in [-0.3, -0.25) is 9.48 Å². The van der Waals surface area contributed by atoms with Crippen LogP contribution in [0.15, 0.2) is 40.9 Å². The Morgan fingerprint density at radius 2 is 2.23 bits per heavy atom. The van der Waals surface area contributed by atoms with Gasteiger partial charge in [-0.15, -0.1) is 0 Å². The highest BCUT2D eigenvalue weighted by Crippen LogP contribution is 2.22. The molecule has 114 valence electrons. The van der Waals surface area contributed by atoms with Crippen molar-refractivity contribution in [3.63, 3.8) is 0 Å². The van der Waals surface area contributed by atoms with Gasteiger partial charge in [-0.05, 0) is 19.1 Å². The Morgan fingerprint density at radius 3 is 3.00 bits per heavy atom. The number of aromatic nitrogens is 3. The van der Waals surface area contributed by atoms with Gasteiger partial charge in [0.15, 0.2) is 5.58 Å². The number of esters is 1. The zero-order valence-electron chi connectivity index (χ0n) is 12.3. The van der Waals surface area contributed by atoms with Crippen molar-refractivity contribution in [3.8, 4) is 0 Å². The lowest BCUT2D eigenvalue weighted by molar-refractivity contribution is -0.141. The van der Waals surface area contributed by atoms with Crippen LogP contribution in [-0.4, -0.2) is 27.8 Å². The molecule has 0 aliphatic carbocycles. The molecule has 0 unspecified atom stereocenters. The van der Waals surface area contributed by atoms with Crippen LogP contribution in [-0.2, 0) is 16.1 Å². The SMILES string of the molecule is COC(=O)Cn1ccc(N[C@@H](C)c2nc3ccccc3o2)n1. The molecule has 3 rings (SSSR count). The van der Waals surface area contributed by atoms with E-state index in [-0.39, 0.29) is 18.6 Å². The fourth-order valence-electron chi connectivity index (χ4n) is 2.08. The number of methoxy groups -OCH3 is 1. The Hall–Kier alpha value is -2.83. The van der Waals surface area contributed by atoms with Crippen molar-refractivity contribution in [2.24, 2.45) is 0 Å². The number of fused-ring (bicyclic) bond motifs is 1. The summed E-state index contributed by atoms with van der Waals surface area (Å²) in [4.78, 5) is 15.6. The number of anilines is 1. The van der Waals surface area contributed by atoms with E-state index in [4.69, 9.17) is 4.42 Å². The van der Waals surface area contributed by atoms with Gasteiger partial charge in [0.1, 0.15) is 23.9 Å². The van der Waals surface area contributed by atoms with Crippen molar-refractivity contribution < 1.29 is 13.9 Å². The monoisotopic (exact) mass is 300 g/mol. The van der Waals surface area contributed by atoms with E-state index in [2.05, 4.69) is 20.1 Å². The standard InChI is InChI=1S/C15H16N4O3/c1-10(15-17-11-5-3-4-6-12(11)22-15)16-13-7-8-19(18-13)9-14(20)21-2/h3-8,10H,9H2,1-2H3,(H,16,18)/t10-/m0/s1. The predicted octanol–water partition coefficient (Wildman–Crippen LogP) is 2.37. The largest absolute Gasteiger partial charge is 0.468 e. The molecule has 7 heteroatoms. The lowest BCUT2D eigenvalue weighted by atomic mass is 10.3. The fraction of sp³-hybridized carbons (Fsp3) is 0.267. The number of ether oxygens (including phenoxy) is 1. The first-order valence-electron chi connectivity index (χ1n) is 6.88. The molecule has 0 spiro atoms. The molecule has 0 aliphatic heterocycles. The van der Waals surface area contributed by atoms with E-state index in [1.807, 2.05) is 31.2 Å². The molecule has 2 heterocycles. The molecule has 1 N–H and O–H groups in total. The third kappa shape index (κ3) is 2.93. The third-order valence-electron chi connectivity index (χ3n) is 3.20. The van der Waals surface area contributed by atoms with Crippen LogP contribution in [0.2, 0.25) is 0 Å². The van der Waals surface area contributed by atoms with Gasteiger partial charge in [-0.2, -0.15) is 5.10 Å². The molecule has 7 nitrogen and oxygen atoms in total. The molecule has 0 radical (unpaired) electrons. The Kier molecular flexibility index (Phi) is 3.78. The number of carbonyl (C=O) groups is 1. The predicted molar refractivity (Wildman–Crippen MR) is 80.3 cm³/mol. The molecule has 0 amide bonds. The molecule has 3 aromatic rings. The second-order valence-electron chi connectivity index (χ2n) is 4.86. The summed E-state index contributed by atoms with van der Waals surface area (Å²) in [6.45, 7) is 2.01. The highest BCUT2D eigenvalue weighted by Gasteiger charge is 2.14. The normalized spacial score (nSPS) is 12.3. The maximum Gasteiger partial charge on any atom is 0.327 e. The van der Waals surface area contributed by atoms with Gasteiger partial charge < -0.3 is 14.5 Å². The minimum atomic E-state index is -0.346. The first kappa shape index (κ1) is 14.1. The van der Waals surface area contributed by atoms with Crippen molar-refractivity contribution in [1.29, 1.82) is 0 Å². The zero-order chi connectivity index (χ0) is 15.5. The van der Waals surface area contributed by atoms with Crippen LogP contribution >= 0.6 is 0 Å². The minimum absolute atomic E-state index is 0.0788. The third-order valence-corrected chi connectivity index (χ3v) is 3.20. The van der Waals surface area contributed by atoms with Crippen LogP contribution in [0, 0.1) is 0 Å². The molecule has 1 atom stereocenters. The van der Waals surface area contributed by atoms with Crippen LogP contribution in [0.25, 0.3) is 11.1 Å². The summed E-state index contributed by atoms with van der Waals surface area (Å²) in [6.07, 6.45) is 1.71. The number of hydrogen-bond donors (Lipinski definition) is 1. The number of rotatable bonds is 5. The molecule has 0 aliphatic rings. The van der Waals surface area contributed by atoms with Crippen LogP contribution in [0.5, 0.6) is 0 Å². The van der Waals surface area contributed by atoms with Gasteiger partial charge in [0.25, 0.3) is 0 Å². The highest BCUT2D eigenvalue weighted by molar-refractivity contribution is 5.72.